The van der Waals surface area contributed by atoms with Gasteiger partial charge in [-0.25, -0.2) is 0 Å². The van der Waals surface area contributed by atoms with Crippen molar-refractivity contribution in [2.75, 3.05) is 25.9 Å². The molecule has 2 N–H and O–H groups in total. The molecule has 1 saturated heterocycles. The summed E-state index contributed by atoms with van der Waals surface area (Å²) in [6.07, 6.45) is 1.07. The number of nitrogens with zero attached hydrogens (tertiary/aromatic N) is 1. The van der Waals surface area contributed by atoms with E-state index in [1.165, 1.54) is 0 Å². The predicted octanol–water partition coefficient (Wildman–Crippen LogP) is 1.76. The molecule has 4 heteroatoms. The van der Waals surface area contributed by atoms with Gasteiger partial charge in [0.25, 0.3) is 5.91 Å². The maximum atomic E-state index is 12.3. The summed E-state index contributed by atoms with van der Waals surface area (Å²) in [6.45, 7) is 3.81. The number of likely N-dealkylation sites (tertiary alicyclic amines) is 1. The lowest BCUT2D eigenvalue weighted by Gasteiger charge is -2.17. The Labute approximate surface area is 101 Å². The zero-order valence-electron chi connectivity index (χ0n) is 10.3. The second-order valence-electron chi connectivity index (χ2n) is 4.60. The molecule has 2 rings (SSSR count). The van der Waals surface area contributed by atoms with Gasteiger partial charge in [0.05, 0.1) is 12.7 Å². The van der Waals surface area contributed by atoms with E-state index < -0.39 is 0 Å². The third-order valence-corrected chi connectivity index (χ3v) is 3.17. The van der Waals surface area contributed by atoms with Crippen LogP contribution in [0.4, 0.5) is 5.69 Å². The molecule has 4 nitrogen and oxygen atoms in total. The minimum atomic E-state index is 0.0335. The summed E-state index contributed by atoms with van der Waals surface area (Å²) in [6, 6.07) is 5.15. The summed E-state index contributed by atoms with van der Waals surface area (Å²) < 4.78 is 5.21. The van der Waals surface area contributed by atoms with E-state index in [1.54, 1.807) is 25.3 Å². The molecule has 0 saturated carbocycles. The standard InChI is InChI=1S/C13H18N2O2/c1-9-5-6-15(8-9)13(16)11-4-3-10(14)7-12(11)17-2/h3-4,7,9H,5-6,8,14H2,1-2H3. The first-order valence-electron chi connectivity index (χ1n) is 5.84. The van der Waals surface area contributed by atoms with E-state index in [1.807, 2.05) is 4.90 Å². The molecule has 0 aliphatic carbocycles. The summed E-state index contributed by atoms with van der Waals surface area (Å²) >= 11 is 0. The third-order valence-electron chi connectivity index (χ3n) is 3.17. The minimum Gasteiger partial charge on any atom is -0.496 e. The van der Waals surface area contributed by atoms with Crippen molar-refractivity contribution in [3.63, 3.8) is 0 Å². The van der Waals surface area contributed by atoms with Gasteiger partial charge >= 0.3 is 0 Å². The second-order valence-corrected chi connectivity index (χ2v) is 4.60. The molecule has 1 aromatic carbocycles. The molecule has 1 aliphatic rings. The first-order chi connectivity index (χ1) is 8.11. The van der Waals surface area contributed by atoms with Crippen LogP contribution in [0.15, 0.2) is 18.2 Å². The lowest BCUT2D eigenvalue weighted by molar-refractivity contribution is 0.0785. The molecule has 1 unspecified atom stereocenters. The fraction of sp³-hybridized carbons (Fsp3) is 0.462. The molecule has 92 valence electrons. The lowest BCUT2D eigenvalue weighted by Crippen LogP contribution is -2.28. The highest BCUT2D eigenvalue weighted by Crippen LogP contribution is 2.25. The Balaban J connectivity index is 2.24. The van der Waals surface area contributed by atoms with Crippen LogP contribution in [0, 0.1) is 5.92 Å². The van der Waals surface area contributed by atoms with Gasteiger partial charge in [-0.15, -0.1) is 0 Å². The van der Waals surface area contributed by atoms with E-state index in [-0.39, 0.29) is 5.91 Å². The van der Waals surface area contributed by atoms with Gasteiger partial charge in [0, 0.05) is 24.8 Å². The number of carbonyl (C=O) groups excluding carboxylic acids is 1. The maximum absolute atomic E-state index is 12.3. The van der Waals surface area contributed by atoms with Crippen LogP contribution < -0.4 is 10.5 Å². The van der Waals surface area contributed by atoms with Crippen molar-refractivity contribution in [3.05, 3.63) is 23.8 Å². The Bertz CT molecular complexity index is 431. The number of nitrogens with two attached hydrogens (primary N) is 1. The van der Waals surface area contributed by atoms with E-state index >= 15 is 0 Å². The van der Waals surface area contributed by atoms with Gasteiger partial charge in [-0.1, -0.05) is 6.92 Å². The Hall–Kier alpha value is -1.71. The highest BCUT2D eigenvalue weighted by atomic mass is 16.5. The molecule has 0 bridgehead atoms. The van der Waals surface area contributed by atoms with Gasteiger partial charge in [0.2, 0.25) is 0 Å². The van der Waals surface area contributed by atoms with E-state index in [2.05, 4.69) is 6.92 Å². The summed E-state index contributed by atoms with van der Waals surface area (Å²) in [4.78, 5) is 14.2. The SMILES string of the molecule is COc1cc(N)ccc1C(=O)N1CCC(C)C1. The van der Waals surface area contributed by atoms with E-state index in [0.717, 1.165) is 19.5 Å². The summed E-state index contributed by atoms with van der Waals surface area (Å²) in [5.74, 6) is 1.17. The van der Waals surface area contributed by atoms with Crippen molar-refractivity contribution in [1.82, 2.24) is 4.90 Å². The Morgan fingerprint density at radius 1 is 1.53 bits per heavy atom. The number of carbonyl (C=O) groups is 1. The molecule has 1 atom stereocenters. The van der Waals surface area contributed by atoms with Crippen LogP contribution in [0.1, 0.15) is 23.7 Å². The highest BCUT2D eigenvalue weighted by molar-refractivity contribution is 5.97. The van der Waals surface area contributed by atoms with E-state index in [9.17, 15) is 4.79 Å². The first-order valence-corrected chi connectivity index (χ1v) is 5.84. The monoisotopic (exact) mass is 234 g/mol. The average molecular weight is 234 g/mol. The number of benzene rings is 1. The number of ether oxygens (including phenoxy) is 1. The maximum Gasteiger partial charge on any atom is 0.257 e. The molecule has 1 fully saturated rings. The van der Waals surface area contributed by atoms with Crippen LogP contribution in [0.25, 0.3) is 0 Å². The van der Waals surface area contributed by atoms with E-state index in [0.29, 0.717) is 22.9 Å². The zero-order chi connectivity index (χ0) is 12.4. The Morgan fingerprint density at radius 3 is 2.88 bits per heavy atom. The van der Waals surface area contributed by atoms with Crippen LogP contribution in [0.3, 0.4) is 0 Å². The topological polar surface area (TPSA) is 55.6 Å². The molecule has 0 aromatic heterocycles. The first kappa shape index (κ1) is 11.8. The molecule has 17 heavy (non-hydrogen) atoms. The van der Waals surface area contributed by atoms with Gasteiger partial charge in [0.15, 0.2) is 0 Å². The van der Waals surface area contributed by atoms with Crippen LogP contribution in [0.2, 0.25) is 0 Å². The number of hydrogen-bond acceptors (Lipinski definition) is 3. The smallest absolute Gasteiger partial charge is 0.257 e. The third kappa shape index (κ3) is 2.35. The van der Waals surface area contributed by atoms with Gasteiger partial charge in [0.1, 0.15) is 5.75 Å². The zero-order valence-corrected chi connectivity index (χ0v) is 10.3. The summed E-state index contributed by atoms with van der Waals surface area (Å²) in [5.41, 5.74) is 6.87. The van der Waals surface area contributed by atoms with Crippen molar-refractivity contribution in [2.45, 2.75) is 13.3 Å². The van der Waals surface area contributed by atoms with Crippen LogP contribution in [-0.2, 0) is 0 Å². The van der Waals surface area contributed by atoms with Crippen LogP contribution >= 0.6 is 0 Å². The fourth-order valence-corrected chi connectivity index (χ4v) is 2.17. The molecule has 1 aromatic rings. The number of amides is 1. The van der Waals surface area contributed by atoms with Crippen LogP contribution in [-0.4, -0.2) is 31.0 Å². The van der Waals surface area contributed by atoms with Gasteiger partial charge in [-0.2, -0.15) is 0 Å². The number of nitrogen functional groups attached to an aromatic ring is 1. The summed E-state index contributed by atoms with van der Waals surface area (Å²) in [5, 5.41) is 0. The summed E-state index contributed by atoms with van der Waals surface area (Å²) in [7, 11) is 1.55. The Morgan fingerprint density at radius 2 is 2.29 bits per heavy atom. The van der Waals surface area contributed by atoms with Crippen molar-refractivity contribution in [3.8, 4) is 5.75 Å². The van der Waals surface area contributed by atoms with Gasteiger partial charge in [-0.3, -0.25) is 4.79 Å². The van der Waals surface area contributed by atoms with Crippen molar-refractivity contribution in [1.29, 1.82) is 0 Å². The molecule has 0 radical (unpaired) electrons. The number of anilines is 1. The van der Waals surface area contributed by atoms with E-state index in [4.69, 9.17) is 10.5 Å². The van der Waals surface area contributed by atoms with Gasteiger partial charge < -0.3 is 15.4 Å². The lowest BCUT2D eigenvalue weighted by atomic mass is 10.1. The molecule has 0 spiro atoms. The molecule has 1 aliphatic heterocycles. The second kappa shape index (κ2) is 4.65. The van der Waals surface area contributed by atoms with Crippen LogP contribution in [0.5, 0.6) is 5.75 Å². The molecule has 1 heterocycles. The fourth-order valence-electron chi connectivity index (χ4n) is 2.17. The molecular formula is C13H18N2O2. The Kier molecular flexibility index (Phi) is 3.22. The number of hydrogen-bond donors (Lipinski definition) is 1. The quantitative estimate of drug-likeness (QED) is 0.793. The minimum absolute atomic E-state index is 0.0335. The van der Waals surface area contributed by atoms with Crippen molar-refractivity contribution < 1.29 is 9.53 Å². The molecule has 1 amide bonds. The van der Waals surface area contributed by atoms with Gasteiger partial charge in [-0.05, 0) is 24.5 Å². The normalized spacial score (nSPS) is 19.4. The molecular weight excluding hydrogens is 216 g/mol. The predicted molar refractivity (Wildman–Crippen MR) is 67.1 cm³/mol. The number of rotatable bonds is 2. The largest absolute Gasteiger partial charge is 0.496 e. The average Bonchev–Trinajstić information content (AvgIpc) is 2.75. The number of methoxy groups -OCH3 is 1. The van der Waals surface area contributed by atoms with Crippen molar-refractivity contribution in [2.24, 2.45) is 5.92 Å². The highest BCUT2D eigenvalue weighted by Gasteiger charge is 2.25. The van der Waals surface area contributed by atoms with Crippen molar-refractivity contribution >= 4 is 11.6 Å².